The number of amides is 1. The topological polar surface area (TPSA) is 84.1 Å². The fourth-order valence-corrected chi connectivity index (χ4v) is 2.55. The molecule has 1 aromatic carbocycles. The first-order valence-electron chi connectivity index (χ1n) is 6.92. The molecule has 6 heteroatoms. The van der Waals surface area contributed by atoms with Gasteiger partial charge >= 0.3 is 0 Å². The van der Waals surface area contributed by atoms with Crippen LogP contribution in [0.25, 0.3) is 0 Å². The van der Waals surface area contributed by atoms with E-state index < -0.39 is 0 Å². The van der Waals surface area contributed by atoms with E-state index in [0.29, 0.717) is 18.1 Å². The average Bonchev–Trinajstić information content (AvgIpc) is 2.76. The van der Waals surface area contributed by atoms with Crippen molar-refractivity contribution in [1.29, 1.82) is 0 Å². The summed E-state index contributed by atoms with van der Waals surface area (Å²) in [5.74, 6) is 5.59. The van der Waals surface area contributed by atoms with Gasteiger partial charge in [0.2, 0.25) is 0 Å². The van der Waals surface area contributed by atoms with Crippen LogP contribution in [0.4, 0.5) is 5.82 Å². The van der Waals surface area contributed by atoms with Crippen LogP contribution in [0.2, 0.25) is 0 Å². The summed E-state index contributed by atoms with van der Waals surface area (Å²) in [7, 11) is 0. The molecule has 0 saturated carbocycles. The minimum absolute atomic E-state index is 0.0947. The summed E-state index contributed by atoms with van der Waals surface area (Å²) >= 11 is 0. The van der Waals surface area contributed by atoms with Gasteiger partial charge in [-0.25, -0.2) is 15.8 Å². The van der Waals surface area contributed by atoms with Crippen LogP contribution in [0.1, 0.15) is 28.0 Å². The molecule has 1 aliphatic heterocycles. The van der Waals surface area contributed by atoms with Gasteiger partial charge in [-0.1, -0.05) is 24.3 Å². The van der Waals surface area contributed by atoms with E-state index >= 15 is 0 Å². The van der Waals surface area contributed by atoms with E-state index in [1.807, 2.05) is 17.0 Å². The number of aromatic nitrogens is 2. The van der Waals surface area contributed by atoms with Crippen LogP contribution in [-0.4, -0.2) is 27.3 Å². The van der Waals surface area contributed by atoms with Gasteiger partial charge in [0.15, 0.2) is 5.82 Å². The minimum Gasteiger partial charge on any atom is -0.333 e. The molecule has 6 nitrogen and oxygen atoms in total. The Morgan fingerprint density at radius 1 is 1.19 bits per heavy atom. The van der Waals surface area contributed by atoms with Gasteiger partial charge in [0.05, 0.1) is 12.4 Å². The highest BCUT2D eigenvalue weighted by Gasteiger charge is 2.21. The molecule has 0 fully saturated rings. The molecule has 0 aliphatic carbocycles. The number of hydrogen-bond acceptors (Lipinski definition) is 5. The number of aryl methyl sites for hydroxylation is 1. The summed E-state index contributed by atoms with van der Waals surface area (Å²) in [5, 5.41) is 0. The second-order valence-corrected chi connectivity index (χ2v) is 5.03. The molecule has 1 aromatic heterocycles. The number of anilines is 1. The second-order valence-electron chi connectivity index (χ2n) is 5.03. The molecule has 0 saturated heterocycles. The molecule has 21 heavy (non-hydrogen) atoms. The number of hydrazine groups is 1. The number of nitrogens with one attached hydrogen (secondary N) is 1. The zero-order chi connectivity index (χ0) is 14.7. The van der Waals surface area contributed by atoms with Crippen molar-refractivity contribution < 1.29 is 4.79 Å². The quantitative estimate of drug-likeness (QED) is 0.642. The van der Waals surface area contributed by atoms with E-state index in [0.717, 1.165) is 19.4 Å². The molecular formula is C15H17N5O. The Morgan fingerprint density at radius 2 is 2.00 bits per heavy atom. The van der Waals surface area contributed by atoms with Crippen LogP contribution in [0.5, 0.6) is 0 Å². The van der Waals surface area contributed by atoms with E-state index in [9.17, 15) is 4.79 Å². The van der Waals surface area contributed by atoms with E-state index in [-0.39, 0.29) is 5.91 Å². The van der Waals surface area contributed by atoms with Crippen LogP contribution in [0.15, 0.2) is 36.7 Å². The fourth-order valence-electron chi connectivity index (χ4n) is 2.55. The average molecular weight is 283 g/mol. The minimum atomic E-state index is -0.0947. The second kappa shape index (κ2) is 5.88. The smallest absolute Gasteiger partial charge is 0.274 e. The predicted octanol–water partition coefficient (Wildman–Crippen LogP) is 1.35. The summed E-state index contributed by atoms with van der Waals surface area (Å²) < 4.78 is 0. The van der Waals surface area contributed by atoms with Crippen molar-refractivity contribution in [2.24, 2.45) is 5.84 Å². The van der Waals surface area contributed by atoms with E-state index in [4.69, 9.17) is 5.84 Å². The maximum Gasteiger partial charge on any atom is 0.274 e. The normalized spacial score (nSPS) is 14.2. The summed E-state index contributed by atoms with van der Waals surface area (Å²) in [6.45, 7) is 1.35. The number of hydrogen-bond donors (Lipinski definition) is 2. The number of benzene rings is 1. The molecular weight excluding hydrogens is 266 g/mol. The molecule has 2 aromatic rings. The van der Waals surface area contributed by atoms with Gasteiger partial charge in [-0.05, 0) is 24.0 Å². The zero-order valence-electron chi connectivity index (χ0n) is 11.6. The van der Waals surface area contributed by atoms with Gasteiger partial charge in [0.25, 0.3) is 5.91 Å². The van der Waals surface area contributed by atoms with Crippen LogP contribution in [0, 0.1) is 0 Å². The zero-order valence-corrected chi connectivity index (χ0v) is 11.6. The number of rotatable bonds is 2. The molecule has 0 spiro atoms. The molecule has 0 radical (unpaired) electrons. The predicted molar refractivity (Wildman–Crippen MR) is 79.3 cm³/mol. The third-order valence-electron chi connectivity index (χ3n) is 3.66. The molecule has 2 heterocycles. The van der Waals surface area contributed by atoms with Crippen molar-refractivity contribution in [3.63, 3.8) is 0 Å². The number of nitrogens with two attached hydrogens (primary N) is 1. The van der Waals surface area contributed by atoms with Gasteiger partial charge in [-0.15, -0.1) is 0 Å². The van der Waals surface area contributed by atoms with Gasteiger partial charge in [0, 0.05) is 13.1 Å². The molecule has 0 bridgehead atoms. The van der Waals surface area contributed by atoms with E-state index in [1.165, 1.54) is 23.5 Å². The maximum absolute atomic E-state index is 12.5. The lowest BCUT2D eigenvalue weighted by Crippen LogP contribution is -2.31. The molecule has 0 atom stereocenters. The number of nitrogen functional groups attached to an aromatic ring is 1. The largest absolute Gasteiger partial charge is 0.333 e. The van der Waals surface area contributed by atoms with E-state index in [1.54, 1.807) is 0 Å². The number of nitrogens with zero attached hydrogens (tertiary/aromatic N) is 3. The summed E-state index contributed by atoms with van der Waals surface area (Å²) in [6, 6.07) is 8.26. The Morgan fingerprint density at radius 3 is 2.71 bits per heavy atom. The lowest BCUT2D eigenvalue weighted by Gasteiger charge is -2.20. The monoisotopic (exact) mass is 283 g/mol. The highest BCUT2D eigenvalue weighted by Crippen LogP contribution is 2.19. The summed E-state index contributed by atoms with van der Waals surface area (Å²) in [6.07, 6.45) is 4.87. The van der Waals surface area contributed by atoms with Gasteiger partial charge in [0.1, 0.15) is 5.69 Å². The molecule has 3 N–H and O–H groups in total. The van der Waals surface area contributed by atoms with Crippen molar-refractivity contribution in [2.75, 3.05) is 12.0 Å². The summed E-state index contributed by atoms with van der Waals surface area (Å²) in [4.78, 5) is 22.5. The number of carbonyl (C=O) groups excluding carboxylic acids is 1. The Bertz CT molecular complexity index is 641. The Labute approximate surface area is 123 Å². The highest BCUT2D eigenvalue weighted by atomic mass is 16.2. The van der Waals surface area contributed by atoms with Gasteiger partial charge < -0.3 is 10.3 Å². The van der Waals surface area contributed by atoms with Crippen molar-refractivity contribution in [2.45, 2.75) is 19.4 Å². The van der Waals surface area contributed by atoms with Gasteiger partial charge in [-0.2, -0.15) is 0 Å². The standard InChI is InChI=1S/C15H17N5O/c16-19-14-9-17-13(8-18-14)15(21)20-7-3-6-11-4-1-2-5-12(11)10-20/h1-2,4-5,8-9H,3,6-7,10,16H2,(H,18,19). The molecule has 1 amide bonds. The van der Waals surface area contributed by atoms with Crippen molar-refractivity contribution in [3.05, 3.63) is 53.5 Å². The Kier molecular flexibility index (Phi) is 3.79. The highest BCUT2D eigenvalue weighted by molar-refractivity contribution is 5.92. The first-order chi connectivity index (χ1) is 10.3. The van der Waals surface area contributed by atoms with Crippen LogP contribution in [-0.2, 0) is 13.0 Å². The SMILES string of the molecule is NNc1cnc(C(=O)N2CCCc3ccccc3C2)cn1. The lowest BCUT2D eigenvalue weighted by molar-refractivity contribution is 0.0739. The third kappa shape index (κ3) is 2.85. The lowest BCUT2D eigenvalue weighted by atomic mass is 10.0. The summed E-state index contributed by atoms with van der Waals surface area (Å²) in [5.41, 5.74) is 5.26. The number of fused-ring (bicyclic) bond motifs is 1. The third-order valence-corrected chi connectivity index (χ3v) is 3.66. The maximum atomic E-state index is 12.5. The van der Waals surface area contributed by atoms with Gasteiger partial charge in [-0.3, -0.25) is 4.79 Å². The first kappa shape index (κ1) is 13.5. The van der Waals surface area contributed by atoms with Crippen LogP contribution < -0.4 is 11.3 Å². The van der Waals surface area contributed by atoms with Crippen molar-refractivity contribution in [3.8, 4) is 0 Å². The molecule has 1 aliphatic rings. The molecule has 108 valence electrons. The first-order valence-corrected chi connectivity index (χ1v) is 6.92. The van der Waals surface area contributed by atoms with Crippen molar-refractivity contribution in [1.82, 2.24) is 14.9 Å². The Hall–Kier alpha value is -2.47. The molecule has 3 rings (SSSR count). The fraction of sp³-hybridized carbons (Fsp3) is 0.267. The Balaban J connectivity index is 1.81. The van der Waals surface area contributed by atoms with E-state index in [2.05, 4.69) is 27.5 Å². The van der Waals surface area contributed by atoms with Crippen molar-refractivity contribution >= 4 is 11.7 Å². The van der Waals surface area contributed by atoms with Crippen LogP contribution >= 0.6 is 0 Å². The number of carbonyl (C=O) groups is 1. The molecule has 0 unspecified atom stereocenters. The van der Waals surface area contributed by atoms with Crippen LogP contribution in [0.3, 0.4) is 0 Å².